The minimum Gasteiger partial charge on any atom is -0.302 e. The Morgan fingerprint density at radius 2 is 1.77 bits per heavy atom. The third-order valence-corrected chi connectivity index (χ3v) is 3.31. The Morgan fingerprint density at radius 3 is 2.41 bits per heavy atom. The van der Waals surface area contributed by atoms with E-state index in [0.29, 0.717) is 12.8 Å². The van der Waals surface area contributed by atoms with Gasteiger partial charge in [-0.05, 0) is 24.8 Å². The van der Waals surface area contributed by atoms with Crippen LogP contribution in [0.15, 0.2) is 41.6 Å². The zero-order valence-corrected chi connectivity index (χ0v) is 11.7. The second-order valence-corrected chi connectivity index (χ2v) is 4.97. The van der Waals surface area contributed by atoms with Crippen LogP contribution in [0.4, 0.5) is 13.2 Å². The van der Waals surface area contributed by atoms with Gasteiger partial charge >= 0.3 is 6.18 Å². The number of hydrazine groups is 1. The smallest absolute Gasteiger partial charge is 0.302 e. The third-order valence-electron chi connectivity index (χ3n) is 3.31. The lowest BCUT2D eigenvalue weighted by Gasteiger charge is -2.12. The molecule has 0 heterocycles. The number of benzene rings is 1. The summed E-state index contributed by atoms with van der Waals surface area (Å²) in [6.07, 6.45) is -3.96. The molecule has 0 aliphatic heterocycles. The Labute approximate surface area is 125 Å². The highest BCUT2D eigenvalue weighted by Crippen LogP contribution is 2.30. The topological polar surface area (TPSA) is 58.2 Å². The van der Waals surface area contributed by atoms with E-state index in [1.165, 1.54) is 0 Å². The van der Waals surface area contributed by atoms with Gasteiger partial charge in [-0.2, -0.15) is 13.2 Å². The van der Waals surface area contributed by atoms with E-state index < -0.39 is 12.0 Å². The summed E-state index contributed by atoms with van der Waals surface area (Å²) in [7, 11) is 0. The number of amides is 1. The van der Waals surface area contributed by atoms with Gasteiger partial charge in [-0.1, -0.05) is 30.3 Å². The van der Waals surface area contributed by atoms with Crippen LogP contribution in [0.2, 0.25) is 0 Å². The summed E-state index contributed by atoms with van der Waals surface area (Å²) in [6.45, 7) is 0. The summed E-state index contributed by atoms with van der Waals surface area (Å²) in [4.78, 5) is 23.0. The fraction of sp³-hybridized carbons (Fsp3) is 0.333. The van der Waals surface area contributed by atoms with Crippen LogP contribution < -0.4 is 10.9 Å². The van der Waals surface area contributed by atoms with Gasteiger partial charge in [-0.25, -0.2) is 0 Å². The van der Waals surface area contributed by atoms with Gasteiger partial charge in [0.1, 0.15) is 0 Å². The maximum Gasteiger partial charge on any atom is 0.454 e. The molecule has 0 radical (unpaired) electrons. The number of hydrogen-bond acceptors (Lipinski definition) is 3. The quantitative estimate of drug-likeness (QED) is 0.821. The normalized spacial score (nSPS) is 14.9. The first-order valence-electron chi connectivity index (χ1n) is 6.80. The molecule has 0 saturated heterocycles. The fourth-order valence-electron chi connectivity index (χ4n) is 2.27. The van der Waals surface area contributed by atoms with Crippen LogP contribution in [0.1, 0.15) is 24.8 Å². The van der Waals surface area contributed by atoms with E-state index in [4.69, 9.17) is 0 Å². The average molecular weight is 312 g/mol. The summed E-state index contributed by atoms with van der Waals surface area (Å²) in [6, 6.07) is 8.93. The number of carbonyl (C=O) groups excluding carboxylic acids is 2. The lowest BCUT2D eigenvalue weighted by atomic mass is 10.1. The third kappa shape index (κ3) is 4.09. The molecule has 0 fully saturated rings. The summed E-state index contributed by atoms with van der Waals surface area (Å²) < 4.78 is 37.4. The lowest BCUT2D eigenvalue weighted by molar-refractivity contribution is -0.166. The number of alkyl halides is 3. The Balaban J connectivity index is 1.95. The molecule has 4 nitrogen and oxygen atoms in total. The van der Waals surface area contributed by atoms with Gasteiger partial charge in [-0.3, -0.25) is 15.0 Å². The van der Waals surface area contributed by atoms with Crippen molar-refractivity contribution < 1.29 is 22.8 Å². The molecular formula is C15H15F3N2O2. The van der Waals surface area contributed by atoms with Gasteiger partial charge in [0.15, 0.2) is 0 Å². The number of hydrogen-bond donors (Lipinski definition) is 2. The predicted molar refractivity (Wildman–Crippen MR) is 73.4 cm³/mol. The zero-order chi connectivity index (χ0) is 16.2. The highest BCUT2D eigenvalue weighted by molar-refractivity contribution is 6.00. The second-order valence-electron chi connectivity index (χ2n) is 4.97. The van der Waals surface area contributed by atoms with Crippen LogP contribution in [0.3, 0.4) is 0 Å². The van der Waals surface area contributed by atoms with E-state index >= 15 is 0 Å². The van der Waals surface area contributed by atoms with Crippen LogP contribution in [0, 0.1) is 0 Å². The van der Waals surface area contributed by atoms with E-state index in [1.807, 2.05) is 6.07 Å². The van der Waals surface area contributed by atoms with Gasteiger partial charge in [-0.15, -0.1) is 0 Å². The molecule has 1 aromatic rings. The number of Topliss-reactive ketones (excluding diaryl/α,β-unsaturated/α-hetero) is 1. The Morgan fingerprint density at radius 1 is 1.09 bits per heavy atom. The number of carbonyl (C=O) groups is 2. The molecule has 0 aromatic heterocycles. The Kier molecular flexibility index (Phi) is 4.85. The van der Waals surface area contributed by atoms with E-state index in [1.54, 1.807) is 24.3 Å². The minimum atomic E-state index is -4.89. The lowest BCUT2D eigenvalue weighted by Crippen LogP contribution is -2.38. The van der Waals surface area contributed by atoms with Crippen molar-refractivity contribution in [3.63, 3.8) is 0 Å². The molecule has 2 N–H and O–H groups in total. The monoisotopic (exact) mass is 312 g/mol. The first kappa shape index (κ1) is 16.1. The van der Waals surface area contributed by atoms with Gasteiger partial charge < -0.3 is 5.43 Å². The molecule has 2 rings (SSSR count). The molecule has 0 saturated carbocycles. The van der Waals surface area contributed by atoms with Gasteiger partial charge in [0.25, 0.3) is 5.78 Å². The zero-order valence-electron chi connectivity index (χ0n) is 11.7. The summed E-state index contributed by atoms with van der Waals surface area (Å²) in [5.74, 6) is -2.23. The van der Waals surface area contributed by atoms with Crippen molar-refractivity contribution in [3.05, 3.63) is 47.2 Å². The van der Waals surface area contributed by atoms with Crippen LogP contribution in [-0.2, 0) is 16.0 Å². The molecule has 7 heteroatoms. The van der Waals surface area contributed by atoms with Crippen molar-refractivity contribution in [2.45, 2.75) is 31.9 Å². The van der Waals surface area contributed by atoms with Crippen LogP contribution in [-0.4, -0.2) is 17.9 Å². The van der Waals surface area contributed by atoms with Crippen LogP contribution in [0.25, 0.3) is 0 Å². The highest BCUT2D eigenvalue weighted by Gasteiger charge is 2.42. The molecule has 0 atom stereocenters. The van der Waals surface area contributed by atoms with Crippen molar-refractivity contribution in [3.8, 4) is 0 Å². The van der Waals surface area contributed by atoms with Crippen molar-refractivity contribution in [2.75, 3.05) is 0 Å². The van der Waals surface area contributed by atoms with Gasteiger partial charge in [0.2, 0.25) is 5.91 Å². The SMILES string of the molecule is O=C(Cc1ccccc1)NNC1=C(C(=O)C(F)(F)F)CCC1. The first-order chi connectivity index (χ1) is 10.4. The second kappa shape index (κ2) is 6.64. The Hall–Kier alpha value is -2.31. The van der Waals surface area contributed by atoms with Crippen molar-refractivity contribution in [2.24, 2.45) is 0 Å². The van der Waals surface area contributed by atoms with Crippen molar-refractivity contribution in [1.82, 2.24) is 10.9 Å². The molecule has 0 bridgehead atoms. The van der Waals surface area contributed by atoms with Crippen LogP contribution in [0.5, 0.6) is 0 Å². The van der Waals surface area contributed by atoms with Crippen molar-refractivity contribution in [1.29, 1.82) is 0 Å². The number of allylic oxidation sites excluding steroid dienone is 2. The molecule has 1 aliphatic rings. The van der Waals surface area contributed by atoms with Crippen LogP contribution >= 0.6 is 0 Å². The summed E-state index contributed by atoms with van der Waals surface area (Å²) in [5, 5.41) is 0. The van der Waals surface area contributed by atoms with E-state index in [9.17, 15) is 22.8 Å². The number of rotatable bonds is 5. The van der Waals surface area contributed by atoms with E-state index in [0.717, 1.165) is 5.56 Å². The molecule has 0 spiro atoms. The molecular weight excluding hydrogens is 297 g/mol. The molecule has 1 aromatic carbocycles. The maximum atomic E-state index is 12.5. The maximum absolute atomic E-state index is 12.5. The number of nitrogens with one attached hydrogen (secondary N) is 2. The first-order valence-corrected chi connectivity index (χ1v) is 6.80. The molecule has 1 aliphatic carbocycles. The predicted octanol–water partition coefficient (Wildman–Crippen LogP) is 2.42. The summed E-state index contributed by atoms with van der Waals surface area (Å²) in [5.41, 5.74) is 5.44. The minimum absolute atomic E-state index is 0.0647. The molecule has 1 amide bonds. The van der Waals surface area contributed by atoms with Gasteiger partial charge in [0, 0.05) is 11.3 Å². The van der Waals surface area contributed by atoms with E-state index in [2.05, 4.69) is 10.9 Å². The van der Waals surface area contributed by atoms with Gasteiger partial charge in [0.05, 0.1) is 6.42 Å². The van der Waals surface area contributed by atoms with Crippen molar-refractivity contribution >= 4 is 11.7 Å². The largest absolute Gasteiger partial charge is 0.454 e. The fourth-order valence-corrected chi connectivity index (χ4v) is 2.27. The number of ketones is 1. The highest BCUT2D eigenvalue weighted by atomic mass is 19.4. The number of halogens is 3. The molecule has 0 unspecified atom stereocenters. The standard InChI is InChI=1S/C15H15F3N2O2/c16-15(17,18)14(22)11-7-4-8-12(11)19-20-13(21)9-10-5-2-1-3-6-10/h1-3,5-6,19H,4,7-9H2,(H,20,21). The summed E-state index contributed by atoms with van der Waals surface area (Å²) >= 11 is 0. The molecule has 22 heavy (non-hydrogen) atoms. The Bertz CT molecular complexity index is 595. The molecule has 118 valence electrons. The van der Waals surface area contributed by atoms with E-state index in [-0.39, 0.29) is 30.0 Å². The average Bonchev–Trinajstić information content (AvgIpc) is 2.92.